The first-order valence-electron chi connectivity index (χ1n) is 6.39. The molecule has 0 aromatic rings. The third-order valence-corrected chi connectivity index (χ3v) is 5.01. The van der Waals surface area contributed by atoms with Crippen LogP contribution in [0.5, 0.6) is 0 Å². The van der Waals surface area contributed by atoms with E-state index in [0.717, 1.165) is 18.2 Å². The maximum Gasteiger partial charge on any atom is 0.0693 e. The van der Waals surface area contributed by atoms with Crippen LogP contribution in [0.3, 0.4) is 0 Å². The molecule has 0 aromatic carbocycles. The van der Waals surface area contributed by atoms with Gasteiger partial charge in [-0.2, -0.15) is 11.8 Å². The minimum atomic E-state index is -0.0904. The lowest BCUT2D eigenvalue weighted by Gasteiger charge is -2.31. The Balaban J connectivity index is 1.67. The van der Waals surface area contributed by atoms with Crippen molar-refractivity contribution in [1.82, 2.24) is 5.32 Å². The zero-order valence-electron chi connectivity index (χ0n) is 9.45. The van der Waals surface area contributed by atoms with Gasteiger partial charge in [-0.25, -0.2) is 0 Å². The SMILES string of the molecule is O[C@H]1CCCC[C@@H]1NCC1CCCCS1. The molecule has 0 spiro atoms. The molecule has 0 bridgehead atoms. The van der Waals surface area contributed by atoms with Gasteiger partial charge < -0.3 is 10.4 Å². The van der Waals surface area contributed by atoms with Gasteiger partial charge in [0, 0.05) is 17.8 Å². The molecular weight excluding hydrogens is 206 g/mol. The highest BCUT2D eigenvalue weighted by Gasteiger charge is 2.23. The van der Waals surface area contributed by atoms with Crippen molar-refractivity contribution in [3.63, 3.8) is 0 Å². The Morgan fingerprint density at radius 3 is 2.60 bits per heavy atom. The molecule has 0 radical (unpaired) electrons. The quantitative estimate of drug-likeness (QED) is 0.778. The number of aliphatic hydroxyl groups is 1. The number of nitrogens with one attached hydrogen (secondary N) is 1. The average molecular weight is 229 g/mol. The molecule has 0 aromatic heterocycles. The van der Waals surface area contributed by atoms with E-state index in [4.69, 9.17) is 0 Å². The molecule has 3 atom stereocenters. The van der Waals surface area contributed by atoms with Crippen LogP contribution in [0.1, 0.15) is 44.9 Å². The summed E-state index contributed by atoms with van der Waals surface area (Å²) in [6.45, 7) is 1.10. The second kappa shape index (κ2) is 6.12. The number of hydrogen-bond acceptors (Lipinski definition) is 3. The highest BCUT2D eigenvalue weighted by atomic mass is 32.2. The Morgan fingerprint density at radius 2 is 1.87 bits per heavy atom. The maximum atomic E-state index is 9.83. The van der Waals surface area contributed by atoms with Crippen LogP contribution in [0.25, 0.3) is 0 Å². The second-order valence-corrected chi connectivity index (χ2v) is 6.26. The van der Waals surface area contributed by atoms with Crippen LogP contribution in [0.15, 0.2) is 0 Å². The van der Waals surface area contributed by atoms with Crippen LogP contribution in [0.4, 0.5) is 0 Å². The maximum absolute atomic E-state index is 9.83. The van der Waals surface area contributed by atoms with E-state index in [-0.39, 0.29) is 6.10 Å². The molecule has 2 nitrogen and oxygen atoms in total. The molecule has 0 amide bonds. The Morgan fingerprint density at radius 1 is 1.07 bits per heavy atom. The van der Waals surface area contributed by atoms with E-state index in [1.165, 1.54) is 44.3 Å². The number of hydrogen-bond donors (Lipinski definition) is 2. The highest BCUT2D eigenvalue weighted by Crippen LogP contribution is 2.25. The summed E-state index contributed by atoms with van der Waals surface area (Å²) in [4.78, 5) is 0. The Hall–Kier alpha value is 0.270. The molecule has 1 aliphatic heterocycles. The molecule has 1 unspecified atom stereocenters. The van der Waals surface area contributed by atoms with Crippen LogP contribution >= 0.6 is 11.8 Å². The first kappa shape index (κ1) is 11.7. The summed E-state index contributed by atoms with van der Waals surface area (Å²) in [7, 11) is 0. The van der Waals surface area contributed by atoms with Crippen LogP contribution in [0, 0.1) is 0 Å². The zero-order valence-corrected chi connectivity index (χ0v) is 10.3. The van der Waals surface area contributed by atoms with E-state index in [0.29, 0.717) is 6.04 Å². The fourth-order valence-electron chi connectivity index (χ4n) is 2.60. The fourth-order valence-corrected chi connectivity index (χ4v) is 3.85. The summed E-state index contributed by atoms with van der Waals surface area (Å²) in [5, 5.41) is 14.2. The first-order chi connectivity index (χ1) is 7.36. The topological polar surface area (TPSA) is 32.3 Å². The van der Waals surface area contributed by atoms with Gasteiger partial charge in [0.2, 0.25) is 0 Å². The molecule has 1 saturated carbocycles. The van der Waals surface area contributed by atoms with E-state index < -0.39 is 0 Å². The van der Waals surface area contributed by atoms with Crippen molar-refractivity contribution in [3.05, 3.63) is 0 Å². The van der Waals surface area contributed by atoms with Crippen molar-refractivity contribution in [2.75, 3.05) is 12.3 Å². The molecular formula is C12H23NOS. The molecule has 1 aliphatic carbocycles. The Labute approximate surface area is 97.2 Å². The minimum Gasteiger partial charge on any atom is -0.392 e. The van der Waals surface area contributed by atoms with E-state index in [1.54, 1.807) is 0 Å². The lowest BCUT2D eigenvalue weighted by molar-refractivity contribution is 0.0911. The predicted octanol–water partition coefficient (Wildman–Crippen LogP) is 2.17. The number of rotatable bonds is 3. The van der Waals surface area contributed by atoms with Crippen molar-refractivity contribution in [1.29, 1.82) is 0 Å². The molecule has 3 heteroatoms. The monoisotopic (exact) mass is 229 g/mol. The largest absolute Gasteiger partial charge is 0.392 e. The summed E-state index contributed by atoms with van der Waals surface area (Å²) in [6.07, 6.45) is 8.71. The molecule has 88 valence electrons. The average Bonchev–Trinajstić information content (AvgIpc) is 2.29. The molecule has 15 heavy (non-hydrogen) atoms. The zero-order chi connectivity index (χ0) is 10.5. The van der Waals surface area contributed by atoms with Crippen LogP contribution in [0.2, 0.25) is 0 Å². The lowest BCUT2D eigenvalue weighted by Crippen LogP contribution is -2.44. The van der Waals surface area contributed by atoms with Crippen molar-refractivity contribution in [3.8, 4) is 0 Å². The van der Waals surface area contributed by atoms with Gasteiger partial charge in [0.1, 0.15) is 0 Å². The van der Waals surface area contributed by atoms with Gasteiger partial charge in [-0.3, -0.25) is 0 Å². The van der Waals surface area contributed by atoms with Gasteiger partial charge in [-0.15, -0.1) is 0 Å². The van der Waals surface area contributed by atoms with E-state index >= 15 is 0 Å². The third kappa shape index (κ3) is 3.65. The van der Waals surface area contributed by atoms with Gasteiger partial charge in [-0.1, -0.05) is 19.3 Å². The van der Waals surface area contributed by atoms with E-state index in [1.807, 2.05) is 0 Å². The Bertz CT molecular complexity index is 182. The summed E-state index contributed by atoms with van der Waals surface area (Å²) < 4.78 is 0. The fraction of sp³-hybridized carbons (Fsp3) is 1.00. The molecule has 1 heterocycles. The standard InChI is InChI=1S/C12H23NOS/c14-12-7-2-1-6-11(12)13-9-10-5-3-4-8-15-10/h10-14H,1-9H2/t10?,11-,12-/m0/s1. The first-order valence-corrected chi connectivity index (χ1v) is 7.44. The normalized spacial score (nSPS) is 37.8. The van der Waals surface area contributed by atoms with Gasteiger partial charge in [0.25, 0.3) is 0 Å². The second-order valence-electron chi connectivity index (χ2n) is 4.86. The van der Waals surface area contributed by atoms with Gasteiger partial charge in [-0.05, 0) is 31.4 Å². The van der Waals surface area contributed by atoms with Gasteiger partial charge in [0.15, 0.2) is 0 Å². The van der Waals surface area contributed by atoms with Crippen molar-refractivity contribution < 1.29 is 5.11 Å². The predicted molar refractivity (Wildman–Crippen MR) is 66.4 cm³/mol. The smallest absolute Gasteiger partial charge is 0.0693 e. The van der Waals surface area contributed by atoms with E-state index in [2.05, 4.69) is 17.1 Å². The number of thioether (sulfide) groups is 1. The summed E-state index contributed by atoms with van der Waals surface area (Å²) in [6, 6.07) is 0.376. The third-order valence-electron chi connectivity index (χ3n) is 3.61. The molecule has 2 rings (SSSR count). The Kier molecular flexibility index (Phi) is 4.79. The molecule has 2 aliphatic rings. The lowest BCUT2D eigenvalue weighted by atomic mass is 9.92. The van der Waals surface area contributed by atoms with Crippen LogP contribution < -0.4 is 5.32 Å². The van der Waals surface area contributed by atoms with Gasteiger partial charge >= 0.3 is 0 Å². The minimum absolute atomic E-state index is 0.0904. The van der Waals surface area contributed by atoms with Gasteiger partial charge in [0.05, 0.1) is 6.10 Å². The van der Waals surface area contributed by atoms with Crippen molar-refractivity contribution in [2.45, 2.75) is 62.3 Å². The number of aliphatic hydroxyl groups excluding tert-OH is 1. The summed E-state index contributed by atoms with van der Waals surface area (Å²) >= 11 is 2.11. The summed E-state index contributed by atoms with van der Waals surface area (Å²) in [5.41, 5.74) is 0. The van der Waals surface area contributed by atoms with E-state index in [9.17, 15) is 5.11 Å². The van der Waals surface area contributed by atoms with Crippen LogP contribution in [-0.4, -0.2) is 34.8 Å². The molecule has 1 saturated heterocycles. The van der Waals surface area contributed by atoms with Crippen LogP contribution in [-0.2, 0) is 0 Å². The van der Waals surface area contributed by atoms with Crippen molar-refractivity contribution in [2.24, 2.45) is 0 Å². The molecule has 2 fully saturated rings. The molecule has 2 N–H and O–H groups in total. The van der Waals surface area contributed by atoms with Crippen molar-refractivity contribution >= 4 is 11.8 Å². The highest BCUT2D eigenvalue weighted by molar-refractivity contribution is 7.99. The summed E-state index contributed by atoms with van der Waals surface area (Å²) in [5.74, 6) is 1.33.